The number of carbonyl (C=O) groups is 1. The zero-order chi connectivity index (χ0) is 17.3. The van der Waals surface area contributed by atoms with Crippen LogP contribution in [0.25, 0.3) is 11.4 Å². The van der Waals surface area contributed by atoms with E-state index in [0.29, 0.717) is 0 Å². The molecule has 1 aliphatic heterocycles. The molecule has 1 atom stereocenters. The topological polar surface area (TPSA) is 66.3 Å². The van der Waals surface area contributed by atoms with Crippen LogP contribution >= 0.6 is 0 Å². The van der Waals surface area contributed by atoms with Gasteiger partial charge in [0, 0.05) is 35.6 Å². The van der Waals surface area contributed by atoms with E-state index in [4.69, 9.17) is 0 Å². The van der Waals surface area contributed by atoms with Gasteiger partial charge in [0.1, 0.15) is 0 Å². The summed E-state index contributed by atoms with van der Waals surface area (Å²) in [4.78, 5) is 22.9. The lowest BCUT2D eigenvalue weighted by Crippen LogP contribution is -2.58. The van der Waals surface area contributed by atoms with Gasteiger partial charge in [-0.1, -0.05) is 30.3 Å². The summed E-state index contributed by atoms with van der Waals surface area (Å²) < 4.78 is 0. The molecule has 4 rings (SSSR count). The van der Waals surface area contributed by atoms with Gasteiger partial charge in [0.2, 0.25) is 0 Å². The van der Waals surface area contributed by atoms with Crippen LogP contribution in [0.1, 0.15) is 37.7 Å². The molecule has 0 bridgehead atoms. The first-order chi connectivity index (χ1) is 12.2. The molecule has 0 radical (unpaired) electrons. The van der Waals surface area contributed by atoms with E-state index in [1.165, 1.54) is 6.42 Å². The zero-order valence-corrected chi connectivity index (χ0v) is 14.3. The van der Waals surface area contributed by atoms with Crippen molar-refractivity contribution in [1.82, 2.24) is 14.9 Å². The molecule has 0 amide bonds. The Morgan fingerprint density at radius 3 is 2.52 bits per heavy atom. The lowest BCUT2D eigenvalue weighted by Gasteiger charge is -2.54. The second kappa shape index (κ2) is 6.56. The van der Waals surface area contributed by atoms with E-state index >= 15 is 0 Å². The van der Waals surface area contributed by atoms with Crippen LogP contribution in [-0.2, 0) is 11.3 Å². The maximum Gasteiger partial charge on any atom is 0.306 e. The van der Waals surface area contributed by atoms with Gasteiger partial charge in [-0.2, -0.15) is 0 Å². The molecule has 2 heterocycles. The number of rotatable bonds is 4. The van der Waals surface area contributed by atoms with Gasteiger partial charge in [0.05, 0.1) is 5.92 Å². The highest BCUT2D eigenvalue weighted by atomic mass is 16.4. The van der Waals surface area contributed by atoms with E-state index in [1.807, 2.05) is 42.7 Å². The maximum absolute atomic E-state index is 11.4. The number of carboxylic acids is 1. The van der Waals surface area contributed by atoms with Gasteiger partial charge >= 0.3 is 5.97 Å². The lowest BCUT2D eigenvalue weighted by molar-refractivity contribution is -0.148. The van der Waals surface area contributed by atoms with Crippen molar-refractivity contribution in [2.45, 2.75) is 44.2 Å². The molecule has 5 nitrogen and oxygen atoms in total. The molecule has 130 valence electrons. The van der Waals surface area contributed by atoms with Crippen LogP contribution in [0.15, 0.2) is 42.7 Å². The third-order valence-corrected chi connectivity index (χ3v) is 5.79. The third-order valence-electron chi connectivity index (χ3n) is 5.79. The van der Waals surface area contributed by atoms with Crippen molar-refractivity contribution in [3.8, 4) is 11.4 Å². The molecule has 1 unspecified atom stereocenters. The van der Waals surface area contributed by atoms with E-state index in [9.17, 15) is 9.90 Å². The highest BCUT2D eigenvalue weighted by Crippen LogP contribution is 2.46. The summed E-state index contributed by atoms with van der Waals surface area (Å²) in [6, 6.07) is 9.97. The molecule has 2 aromatic rings. The van der Waals surface area contributed by atoms with E-state index in [0.717, 1.165) is 55.7 Å². The number of hydrogen-bond donors (Lipinski definition) is 1. The molecule has 1 saturated heterocycles. The first-order valence-corrected chi connectivity index (χ1v) is 9.00. The van der Waals surface area contributed by atoms with Crippen molar-refractivity contribution < 1.29 is 9.90 Å². The summed E-state index contributed by atoms with van der Waals surface area (Å²) in [6.07, 6.45) is 8.76. The molecule has 1 saturated carbocycles. The van der Waals surface area contributed by atoms with Crippen LogP contribution in [0.4, 0.5) is 0 Å². The highest BCUT2D eigenvalue weighted by molar-refractivity contribution is 5.70. The van der Waals surface area contributed by atoms with Gasteiger partial charge in [-0.3, -0.25) is 9.69 Å². The van der Waals surface area contributed by atoms with Crippen LogP contribution in [0, 0.1) is 5.92 Å². The first kappa shape index (κ1) is 16.2. The van der Waals surface area contributed by atoms with E-state index in [2.05, 4.69) is 14.9 Å². The fourth-order valence-electron chi connectivity index (χ4n) is 4.19. The molecule has 1 N–H and O–H groups in total. The standard InChI is InChI=1S/C20H23N3O2/c24-19(25)17-7-10-23(20(11-17)8-4-9-20)14-15-12-21-18(22-13-15)16-5-2-1-3-6-16/h1-3,5-6,12-13,17H,4,7-11,14H2,(H,24,25). The smallest absolute Gasteiger partial charge is 0.306 e. The quantitative estimate of drug-likeness (QED) is 0.926. The molecule has 25 heavy (non-hydrogen) atoms. The average Bonchev–Trinajstić information content (AvgIpc) is 2.62. The Balaban J connectivity index is 1.47. The van der Waals surface area contributed by atoms with Crippen LogP contribution in [-0.4, -0.2) is 38.0 Å². The maximum atomic E-state index is 11.4. The minimum atomic E-state index is -0.638. The Labute approximate surface area is 147 Å². The number of piperidine rings is 1. The number of hydrogen-bond acceptors (Lipinski definition) is 4. The summed E-state index contributed by atoms with van der Waals surface area (Å²) in [5.74, 6) is -0.0815. The Kier molecular flexibility index (Phi) is 4.25. The van der Waals surface area contributed by atoms with Crippen molar-refractivity contribution in [3.63, 3.8) is 0 Å². The summed E-state index contributed by atoms with van der Waals surface area (Å²) in [5.41, 5.74) is 2.20. The molecule has 2 aliphatic rings. The molecule has 1 spiro atoms. The van der Waals surface area contributed by atoms with Crippen molar-refractivity contribution in [1.29, 1.82) is 0 Å². The fourth-order valence-corrected chi connectivity index (χ4v) is 4.19. The largest absolute Gasteiger partial charge is 0.481 e. The molecule has 5 heteroatoms. The van der Waals surface area contributed by atoms with Gasteiger partial charge in [-0.05, 0) is 38.6 Å². The van der Waals surface area contributed by atoms with E-state index in [1.54, 1.807) is 0 Å². The average molecular weight is 337 g/mol. The first-order valence-electron chi connectivity index (χ1n) is 9.00. The SMILES string of the molecule is O=C(O)C1CCN(Cc2cnc(-c3ccccc3)nc2)C2(CCC2)C1. The number of benzene rings is 1. The second-order valence-corrected chi connectivity index (χ2v) is 7.31. The van der Waals surface area contributed by atoms with Crippen LogP contribution < -0.4 is 0 Å². The highest BCUT2D eigenvalue weighted by Gasteiger charge is 2.47. The van der Waals surface area contributed by atoms with Gasteiger partial charge in [0.15, 0.2) is 5.82 Å². The molecule has 1 aromatic heterocycles. The number of likely N-dealkylation sites (tertiary alicyclic amines) is 1. The summed E-state index contributed by atoms with van der Waals surface area (Å²) in [5, 5.41) is 9.37. The van der Waals surface area contributed by atoms with E-state index < -0.39 is 5.97 Å². The predicted molar refractivity (Wildman–Crippen MR) is 94.8 cm³/mol. The summed E-state index contributed by atoms with van der Waals surface area (Å²) in [6.45, 7) is 1.65. The van der Waals surface area contributed by atoms with Crippen molar-refractivity contribution >= 4 is 5.97 Å². The normalized spacial score (nSPS) is 22.5. The molecular weight excluding hydrogens is 314 g/mol. The van der Waals surface area contributed by atoms with Crippen LogP contribution in [0.5, 0.6) is 0 Å². The van der Waals surface area contributed by atoms with E-state index in [-0.39, 0.29) is 11.5 Å². The molecule has 2 fully saturated rings. The minimum Gasteiger partial charge on any atom is -0.481 e. The second-order valence-electron chi connectivity index (χ2n) is 7.31. The number of nitrogens with zero attached hydrogens (tertiary/aromatic N) is 3. The monoisotopic (exact) mass is 337 g/mol. The number of aromatic nitrogens is 2. The Bertz CT molecular complexity index is 741. The van der Waals surface area contributed by atoms with Gasteiger partial charge in [0.25, 0.3) is 0 Å². The van der Waals surface area contributed by atoms with Crippen molar-refractivity contribution in [3.05, 3.63) is 48.3 Å². The third kappa shape index (κ3) is 3.16. The fraction of sp³-hybridized carbons (Fsp3) is 0.450. The Morgan fingerprint density at radius 1 is 1.20 bits per heavy atom. The summed E-state index contributed by atoms with van der Waals surface area (Å²) >= 11 is 0. The molecular formula is C20H23N3O2. The molecule has 1 aliphatic carbocycles. The van der Waals surface area contributed by atoms with Gasteiger partial charge in [-0.25, -0.2) is 9.97 Å². The van der Waals surface area contributed by atoms with Crippen LogP contribution in [0.2, 0.25) is 0 Å². The predicted octanol–water partition coefficient (Wildman–Crippen LogP) is 3.36. The number of carboxylic acid groups (broad SMARTS) is 1. The van der Waals surface area contributed by atoms with Crippen molar-refractivity contribution in [2.24, 2.45) is 5.92 Å². The minimum absolute atomic E-state index is 0.0827. The summed E-state index contributed by atoms with van der Waals surface area (Å²) in [7, 11) is 0. The Hall–Kier alpha value is -2.27. The molecule has 1 aromatic carbocycles. The van der Waals surface area contributed by atoms with Gasteiger partial charge < -0.3 is 5.11 Å². The van der Waals surface area contributed by atoms with Crippen LogP contribution in [0.3, 0.4) is 0 Å². The van der Waals surface area contributed by atoms with Crippen molar-refractivity contribution in [2.75, 3.05) is 6.54 Å². The van der Waals surface area contributed by atoms with Gasteiger partial charge in [-0.15, -0.1) is 0 Å². The number of aliphatic carboxylic acids is 1. The lowest BCUT2D eigenvalue weighted by atomic mass is 9.67. The Morgan fingerprint density at radius 2 is 1.92 bits per heavy atom. The zero-order valence-electron chi connectivity index (χ0n) is 14.3.